The molecular formula is C28H21ClF5N3O3. The fourth-order valence-corrected chi connectivity index (χ4v) is 5.52. The van der Waals surface area contributed by atoms with E-state index in [-0.39, 0.29) is 33.3 Å². The maximum Gasteiger partial charge on any atom is 0.416 e. The second-order valence-electron chi connectivity index (χ2n) is 10.1. The number of hydrogen-bond acceptors (Lipinski definition) is 4. The van der Waals surface area contributed by atoms with Crippen LogP contribution in [-0.4, -0.2) is 49.1 Å². The van der Waals surface area contributed by atoms with Crippen molar-refractivity contribution in [3.05, 3.63) is 98.6 Å². The van der Waals surface area contributed by atoms with Gasteiger partial charge < -0.3 is 15.4 Å². The minimum atomic E-state index is -4.87. The molecule has 3 aliphatic rings. The molecule has 3 aromatic carbocycles. The van der Waals surface area contributed by atoms with Crippen molar-refractivity contribution in [2.75, 3.05) is 31.6 Å². The van der Waals surface area contributed by atoms with Gasteiger partial charge in [-0.2, -0.15) is 13.2 Å². The van der Waals surface area contributed by atoms with Crippen LogP contribution in [0.4, 0.5) is 27.6 Å². The lowest BCUT2D eigenvalue weighted by Crippen LogP contribution is -2.58. The van der Waals surface area contributed by atoms with Crippen molar-refractivity contribution in [1.82, 2.24) is 10.2 Å². The Kier molecular flexibility index (Phi) is 6.55. The second kappa shape index (κ2) is 9.83. The Labute approximate surface area is 230 Å². The number of anilines is 1. The van der Waals surface area contributed by atoms with Gasteiger partial charge in [-0.25, -0.2) is 8.78 Å². The molecule has 0 aliphatic carbocycles. The van der Waals surface area contributed by atoms with Crippen molar-refractivity contribution in [2.24, 2.45) is 0 Å². The van der Waals surface area contributed by atoms with Crippen LogP contribution in [0.15, 0.2) is 48.5 Å². The number of hydrogen-bond donors (Lipinski definition) is 2. The van der Waals surface area contributed by atoms with Crippen molar-refractivity contribution in [3.63, 3.8) is 0 Å². The highest BCUT2D eigenvalue weighted by Crippen LogP contribution is 2.43. The van der Waals surface area contributed by atoms with Crippen molar-refractivity contribution in [1.29, 1.82) is 0 Å². The standard InChI is InChI=1S/C28H21ClF5N3O3/c29-22-2-1-17(30)8-20(22)25-24-21(27(39)36-25)5-13(15-9-37(10-15)19-11-40-12-19)6-23(24)35-26(38)14-3-16(28(32,33)34)7-18(31)4-14/h1-8,15,19,25H,9-12H2,(H,35,38)(H,36,39). The maximum absolute atomic E-state index is 14.2. The van der Waals surface area contributed by atoms with Gasteiger partial charge in [-0.3, -0.25) is 14.5 Å². The normalized spacial score (nSPS) is 19.6. The lowest BCUT2D eigenvalue weighted by atomic mass is 9.86. The highest BCUT2D eigenvalue weighted by molar-refractivity contribution is 6.31. The third kappa shape index (κ3) is 4.82. The minimum absolute atomic E-state index is 0.0251. The fraction of sp³-hybridized carbons (Fsp3) is 0.286. The van der Waals surface area contributed by atoms with E-state index in [0.717, 1.165) is 17.7 Å². The van der Waals surface area contributed by atoms with Gasteiger partial charge in [0, 0.05) is 52.0 Å². The SMILES string of the molecule is O=C(Nc1cc(C2CN(C3COC3)C2)cc2c1C(c1cc(F)ccc1Cl)NC2=O)c1cc(F)cc(C(F)(F)F)c1. The first-order chi connectivity index (χ1) is 19.0. The summed E-state index contributed by atoms with van der Waals surface area (Å²) in [7, 11) is 0. The van der Waals surface area contributed by atoms with Gasteiger partial charge in [-0.05, 0) is 54.1 Å². The molecule has 208 valence electrons. The summed E-state index contributed by atoms with van der Waals surface area (Å²) in [4.78, 5) is 28.5. The Morgan fingerprint density at radius 3 is 2.45 bits per heavy atom. The first kappa shape index (κ1) is 26.7. The Balaban J connectivity index is 1.40. The Hall–Kier alpha value is -3.54. The number of nitrogens with one attached hydrogen (secondary N) is 2. The van der Waals surface area contributed by atoms with Crippen molar-refractivity contribution >= 4 is 29.1 Å². The van der Waals surface area contributed by atoms with Gasteiger partial charge in [0.1, 0.15) is 11.6 Å². The largest absolute Gasteiger partial charge is 0.416 e. The van der Waals surface area contributed by atoms with E-state index < -0.39 is 46.8 Å². The second-order valence-corrected chi connectivity index (χ2v) is 10.5. The van der Waals surface area contributed by atoms with Gasteiger partial charge in [-0.15, -0.1) is 0 Å². The first-order valence-corrected chi connectivity index (χ1v) is 12.8. The molecule has 40 heavy (non-hydrogen) atoms. The molecule has 2 saturated heterocycles. The molecule has 0 aromatic heterocycles. The number of amides is 2. The highest BCUT2D eigenvalue weighted by atomic mass is 35.5. The number of carbonyl (C=O) groups is 2. The number of ether oxygens (including phenoxy) is 1. The number of fused-ring (bicyclic) bond motifs is 1. The van der Waals surface area contributed by atoms with E-state index in [1.54, 1.807) is 12.1 Å². The van der Waals surface area contributed by atoms with E-state index in [2.05, 4.69) is 15.5 Å². The van der Waals surface area contributed by atoms with E-state index in [1.807, 2.05) is 0 Å². The molecule has 0 spiro atoms. The van der Waals surface area contributed by atoms with E-state index >= 15 is 0 Å². The molecule has 2 amide bonds. The van der Waals surface area contributed by atoms with Crippen LogP contribution in [0.5, 0.6) is 0 Å². The Morgan fingerprint density at radius 1 is 1.02 bits per heavy atom. The number of halogens is 6. The quantitative estimate of drug-likeness (QED) is 0.392. The summed E-state index contributed by atoms with van der Waals surface area (Å²) in [6.45, 7) is 2.67. The predicted octanol–water partition coefficient (Wildman–Crippen LogP) is 5.52. The smallest absolute Gasteiger partial charge is 0.378 e. The topological polar surface area (TPSA) is 70.7 Å². The average molecular weight is 578 g/mol. The monoisotopic (exact) mass is 577 g/mol. The van der Waals surface area contributed by atoms with Crippen molar-refractivity contribution in [2.45, 2.75) is 24.2 Å². The number of alkyl halides is 3. The van der Waals surface area contributed by atoms with Crippen LogP contribution in [0.1, 0.15) is 54.9 Å². The van der Waals surface area contributed by atoms with Crippen LogP contribution in [0.3, 0.4) is 0 Å². The number of carbonyl (C=O) groups excluding carboxylic acids is 2. The Morgan fingerprint density at radius 2 is 1.77 bits per heavy atom. The van der Waals surface area contributed by atoms with Crippen LogP contribution in [0.25, 0.3) is 0 Å². The summed E-state index contributed by atoms with van der Waals surface area (Å²) < 4.78 is 73.3. The van der Waals surface area contributed by atoms with E-state index in [4.69, 9.17) is 16.3 Å². The molecule has 12 heteroatoms. The van der Waals surface area contributed by atoms with Gasteiger partial charge in [0.05, 0.1) is 30.9 Å². The molecule has 2 fully saturated rings. The number of rotatable bonds is 5. The van der Waals surface area contributed by atoms with E-state index in [9.17, 15) is 31.5 Å². The summed E-state index contributed by atoms with van der Waals surface area (Å²) in [6, 6.07) is 7.94. The zero-order valence-electron chi connectivity index (χ0n) is 20.6. The van der Waals surface area contributed by atoms with E-state index in [1.165, 1.54) is 6.07 Å². The summed E-state index contributed by atoms with van der Waals surface area (Å²) in [5, 5.41) is 5.51. The molecule has 3 heterocycles. The molecule has 0 radical (unpaired) electrons. The molecule has 3 aromatic rings. The van der Waals surface area contributed by atoms with Gasteiger partial charge in [0.15, 0.2) is 0 Å². The molecule has 3 aliphatic heterocycles. The summed E-state index contributed by atoms with van der Waals surface area (Å²) in [5.41, 5.74) is -0.256. The van der Waals surface area contributed by atoms with Gasteiger partial charge in [0.2, 0.25) is 0 Å². The molecule has 1 atom stereocenters. The molecule has 0 saturated carbocycles. The predicted molar refractivity (Wildman–Crippen MR) is 135 cm³/mol. The number of nitrogens with zero attached hydrogens (tertiary/aromatic N) is 1. The first-order valence-electron chi connectivity index (χ1n) is 12.4. The number of likely N-dealkylation sites (tertiary alicyclic amines) is 1. The van der Waals surface area contributed by atoms with Gasteiger partial charge in [-0.1, -0.05) is 11.6 Å². The van der Waals surface area contributed by atoms with Crippen LogP contribution in [-0.2, 0) is 10.9 Å². The van der Waals surface area contributed by atoms with Crippen molar-refractivity contribution in [3.8, 4) is 0 Å². The fourth-order valence-electron chi connectivity index (χ4n) is 5.30. The van der Waals surface area contributed by atoms with Crippen molar-refractivity contribution < 1.29 is 36.3 Å². The lowest BCUT2D eigenvalue weighted by Gasteiger charge is -2.47. The van der Waals surface area contributed by atoms with Crippen LogP contribution in [0.2, 0.25) is 5.02 Å². The van der Waals surface area contributed by atoms with Crippen LogP contribution < -0.4 is 10.6 Å². The molecule has 1 unspecified atom stereocenters. The molecule has 2 N–H and O–H groups in total. The molecular weight excluding hydrogens is 557 g/mol. The lowest BCUT2D eigenvalue weighted by molar-refractivity contribution is -0.137. The average Bonchev–Trinajstić information content (AvgIpc) is 3.16. The zero-order valence-corrected chi connectivity index (χ0v) is 21.4. The third-order valence-electron chi connectivity index (χ3n) is 7.53. The number of benzene rings is 3. The van der Waals surface area contributed by atoms with Gasteiger partial charge >= 0.3 is 6.18 Å². The van der Waals surface area contributed by atoms with E-state index in [0.29, 0.717) is 50.5 Å². The molecule has 0 bridgehead atoms. The third-order valence-corrected chi connectivity index (χ3v) is 7.88. The Bertz CT molecular complexity index is 1540. The van der Waals surface area contributed by atoms with Crippen LogP contribution in [0, 0.1) is 11.6 Å². The molecule has 6 nitrogen and oxygen atoms in total. The summed E-state index contributed by atoms with van der Waals surface area (Å²) in [6.07, 6.45) is -4.87. The van der Waals surface area contributed by atoms with Crippen LogP contribution >= 0.6 is 11.6 Å². The summed E-state index contributed by atoms with van der Waals surface area (Å²) >= 11 is 6.33. The highest BCUT2D eigenvalue weighted by Gasteiger charge is 2.40. The minimum Gasteiger partial charge on any atom is -0.378 e. The van der Waals surface area contributed by atoms with Gasteiger partial charge in [0.25, 0.3) is 11.8 Å². The molecule has 6 rings (SSSR count). The maximum atomic E-state index is 14.2. The zero-order chi connectivity index (χ0) is 28.3. The summed E-state index contributed by atoms with van der Waals surface area (Å²) in [5.74, 6) is -3.29.